The standard InChI is InChI=1S/C7H13NO2/c1-4-7(9)8-5-6(2)10-3/h4,6H,1,5H2,2-3H3,(H,8,9). The molecule has 1 amide bonds. The molecule has 0 aliphatic heterocycles. The third-order valence-corrected chi connectivity index (χ3v) is 1.15. The lowest BCUT2D eigenvalue weighted by atomic mass is 10.4. The van der Waals surface area contributed by atoms with Crippen molar-refractivity contribution in [3.05, 3.63) is 12.7 Å². The van der Waals surface area contributed by atoms with Crippen LogP contribution in [0.15, 0.2) is 12.7 Å². The number of carbonyl (C=O) groups is 1. The minimum atomic E-state index is -0.163. The van der Waals surface area contributed by atoms with Crippen molar-refractivity contribution in [2.75, 3.05) is 13.7 Å². The molecular weight excluding hydrogens is 130 g/mol. The number of hydrogen-bond acceptors (Lipinski definition) is 2. The van der Waals surface area contributed by atoms with Gasteiger partial charge in [0.15, 0.2) is 0 Å². The Kier molecular flexibility index (Phi) is 4.58. The first-order valence-electron chi connectivity index (χ1n) is 3.13. The van der Waals surface area contributed by atoms with E-state index in [0.29, 0.717) is 6.54 Å². The van der Waals surface area contributed by atoms with Crippen LogP contribution in [0.25, 0.3) is 0 Å². The summed E-state index contributed by atoms with van der Waals surface area (Å²) in [6, 6.07) is 0. The molecule has 0 aliphatic carbocycles. The van der Waals surface area contributed by atoms with Gasteiger partial charge in [-0.1, -0.05) is 6.58 Å². The number of carbonyl (C=O) groups excluding carboxylic acids is 1. The van der Waals surface area contributed by atoms with Gasteiger partial charge in [-0.15, -0.1) is 0 Å². The van der Waals surface area contributed by atoms with Crippen LogP contribution < -0.4 is 5.32 Å². The molecule has 10 heavy (non-hydrogen) atoms. The van der Waals surface area contributed by atoms with Gasteiger partial charge in [0.2, 0.25) is 5.91 Å². The maximum absolute atomic E-state index is 10.5. The summed E-state index contributed by atoms with van der Waals surface area (Å²) < 4.78 is 4.90. The average molecular weight is 143 g/mol. The summed E-state index contributed by atoms with van der Waals surface area (Å²) in [6.07, 6.45) is 1.30. The molecule has 0 spiro atoms. The van der Waals surface area contributed by atoms with Crippen molar-refractivity contribution in [3.8, 4) is 0 Å². The Bertz CT molecular complexity index is 123. The van der Waals surface area contributed by atoms with Gasteiger partial charge in [-0.25, -0.2) is 0 Å². The van der Waals surface area contributed by atoms with Crippen molar-refractivity contribution in [2.45, 2.75) is 13.0 Å². The molecule has 1 N–H and O–H groups in total. The maximum Gasteiger partial charge on any atom is 0.243 e. The SMILES string of the molecule is C=CC(=O)NCC(C)OC. The smallest absolute Gasteiger partial charge is 0.243 e. The van der Waals surface area contributed by atoms with Gasteiger partial charge < -0.3 is 10.1 Å². The van der Waals surface area contributed by atoms with Crippen molar-refractivity contribution in [1.82, 2.24) is 5.32 Å². The molecule has 0 saturated carbocycles. The molecule has 0 aromatic heterocycles. The summed E-state index contributed by atoms with van der Waals surface area (Å²) in [5, 5.41) is 2.60. The van der Waals surface area contributed by atoms with Gasteiger partial charge in [0, 0.05) is 13.7 Å². The summed E-state index contributed by atoms with van der Waals surface area (Å²) in [6.45, 7) is 5.72. The van der Waals surface area contributed by atoms with Gasteiger partial charge >= 0.3 is 0 Å². The fourth-order valence-electron chi connectivity index (χ4n) is 0.400. The highest BCUT2D eigenvalue weighted by atomic mass is 16.5. The van der Waals surface area contributed by atoms with Gasteiger partial charge in [-0.05, 0) is 13.0 Å². The Balaban J connectivity index is 3.34. The highest BCUT2D eigenvalue weighted by Gasteiger charge is 1.99. The zero-order valence-electron chi connectivity index (χ0n) is 6.39. The molecule has 0 aromatic rings. The molecule has 0 aliphatic rings. The summed E-state index contributed by atoms with van der Waals surface area (Å²) in [4.78, 5) is 10.5. The van der Waals surface area contributed by atoms with E-state index in [1.54, 1.807) is 7.11 Å². The number of amides is 1. The first kappa shape index (κ1) is 9.17. The molecule has 1 unspecified atom stereocenters. The molecular formula is C7H13NO2. The number of nitrogens with one attached hydrogen (secondary N) is 1. The predicted octanol–water partition coefficient (Wildman–Crippen LogP) is 0.323. The molecule has 0 bridgehead atoms. The predicted molar refractivity (Wildman–Crippen MR) is 39.7 cm³/mol. The summed E-state index contributed by atoms with van der Waals surface area (Å²) in [5.41, 5.74) is 0. The van der Waals surface area contributed by atoms with E-state index >= 15 is 0 Å². The fourth-order valence-corrected chi connectivity index (χ4v) is 0.400. The average Bonchev–Trinajstić information content (AvgIpc) is 1.99. The third-order valence-electron chi connectivity index (χ3n) is 1.15. The van der Waals surface area contributed by atoms with Crippen LogP contribution in [-0.4, -0.2) is 25.7 Å². The van der Waals surface area contributed by atoms with Gasteiger partial charge in [0.25, 0.3) is 0 Å². The molecule has 0 saturated heterocycles. The van der Waals surface area contributed by atoms with Gasteiger partial charge in [0.1, 0.15) is 0 Å². The van der Waals surface area contributed by atoms with Gasteiger partial charge in [-0.2, -0.15) is 0 Å². The maximum atomic E-state index is 10.5. The van der Waals surface area contributed by atoms with E-state index in [1.807, 2.05) is 6.92 Å². The summed E-state index contributed by atoms with van der Waals surface area (Å²) >= 11 is 0. The normalized spacial score (nSPS) is 12.2. The first-order chi connectivity index (χ1) is 4.70. The molecule has 0 rings (SSSR count). The van der Waals surface area contributed by atoms with Crippen LogP contribution in [-0.2, 0) is 9.53 Å². The van der Waals surface area contributed by atoms with Crippen LogP contribution in [0.5, 0.6) is 0 Å². The molecule has 3 heteroatoms. The summed E-state index contributed by atoms with van der Waals surface area (Å²) in [7, 11) is 1.60. The van der Waals surface area contributed by atoms with E-state index in [1.165, 1.54) is 6.08 Å². The monoisotopic (exact) mass is 143 g/mol. The van der Waals surface area contributed by atoms with Crippen molar-refractivity contribution >= 4 is 5.91 Å². The Morgan fingerprint density at radius 1 is 1.90 bits per heavy atom. The topological polar surface area (TPSA) is 38.3 Å². The molecule has 0 fully saturated rings. The Morgan fingerprint density at radius 2 is 2.50 bits per heavy atom. The largest absolute Gasteiger partial charge is 0.380 e. The van der Waals surface area contributed by atoms with E-state index in [2.05, 4.69) is 11.9 Å². The first-order valence-corrected chi connectivity index (χ1v) is 3.13. The number of methoxy groups -OCH3 is 1. The Labute approximate surface area is 61.1 Å². The molecule has 58 valence electrons. The van der Waals surface area contributed by atoms with Crippen LogP contribution in [0.1, 0.15) is 6.92 Å². The molecule has 0 aromatic carbocycles. The van der Waals surface area contributed by atoms with Crippen LogP contribution in [0.2, 0.25) is 0 Å². The Hall–Kier alpha value is -0.830. The third kappa shape index (κ3) is 4.09. The second-order valence-electron chi connectivity index (χ2n) is 2.00. The van der Waals surface area contributed by atoms with Crippen molar-refractivity contribution in [1.29, 1.82) is 0 Å². The molecule has 1 atom stereocenters. The highest BCUT2D eigenvalue weighted by Crippen LogP contribution is 1.82. The second-order valence-corrected chi connectivity index (χ2v) is 2.00. The molecule has 3 nitrogen and oxygen atoms in total. The summed E-state index contributed by atoms with van der Waals surface area (Å²) in [5.74, 6) is -0.163. The zero-order chi connectivity index (χ0) is 7.98. The lowest BCUT2D eigenvalue weighted by Gasteiger charge is -2.08. The number of ether oxygens (including phenoxy) is 1. The van der Waals surface area contributed by atoms with E-state index in [4.69, 9.17) is 4.74 Å². The minimum absolute atomic E-state index is 0.0592. The number of hydrogen-bond donors (Lipinski definition) is 1. The van der Waals surface area contributed by atoms with E-state index in [9.17, 15) is 4.79 Å². The zero-order valence-corrected chi connectivity index (χ0v) is 6.39. The molecule has 0 radical (unpaired) electrons. The fraction of sp³-hybridized carbons (Fsp3) is 0.571. The minimum Gasteiger partial charge on any atom is -0.380 e. The van der Waals surface area contributed by atoms with Gasteiger partial charge in [-0.3, -0.25) is 4.79 Å². The van der Waals surface area contributed by atoms with Gasteiger partial charge in [0.05, 0.1) is 6.10 Å². The van der Waals surface area contributed by atoms with E-state index in [-0.39, 0.29) is 12.0 Å². The quantitative estimate of drug-likeness (QED) is 0.576. The van der Waals surface area contributed by atoms with Crippen molar-refractivity contribution in [2.24, 2.45) is 0 Å². The van der Waals surface area contributed by atoms with E-state index in [0.717, 1.165) is 0 Å². The van der Waals surface area contributed by atoms with Crippen LogP contribution in [0.3, 0.4) is 0 Å². The number of rotatable bonds is 4. The van der Waals surface area contributed by atoms with Crippen molar-refractivity contribution < 1.29 is 9.53 Å². The van der Waals surface area contributed by atoms with Crippen molar-refractivity contribution in [3.63, 3.8) is 0 Å². The second kappa shape index (κ2) is 4.99. The van der Waals surface area contributed by atoms with Crippen LogP contribution in [0, 0.1) is 0 Å². The molecule has 0 heterocycles. The Morgan fingerprint density at radius 3 is 2.90 bits per heavy atom. The highest BCUT2D eigenvalue weighted by molar-refractivity contribution is 5.86. The lowest BCUT2D eigenvalue weighted by molar-refractivity contribution is -0.116. The van der Waals surface area contributed by atoms with E-state index < -0.39 is 0 Å². The lowest BCUT2D eigenvalue weighted by Crippen LogP contribution is -2.29. The van der Waals surface area contributed by atoms with Crippen LogP contribution >= 0.6 is 0 Å². The van der Waals surface area contributed by atoms with Crippen LogP contribution in [0.4, 0.5) is 0 Å².